The standard InChI is InChI=1S/C23H23N2OP/c1-15-7-6-8-19(13-15)25-23(26)18-12-11-16(2)21(14-18)24-17(3)20-9-4-5-10-22(20)27/h4-14,24H,3,27H2,1-2H3,(H,25,26). The fourth-order valence-corrected chi connectivity index (χ4v) is 3.21. The number of aryl methyl sites for hydroxylation is 2. The molecule has 0 bridgehead atoms. The summed E-state index contributed by atoms with van der Waals surface area (Å²) in [6.45, 7) is 8.15. The van der Waals surface area contributed by atoms with Crippen LogP contribution in [0.4, 0.5) is 11.4 Å². The molecule has 0 fully saturated rings. The third-order valence-corrected chi connectivity index (χ3v) is 4.85. The van der Waals surface area contributed by atoms with Gasteiger partial charge in [-0.05, 0) is 54.5 Å². The minimum Gasteiger partial charge on any atom is -0.355 e. The second kappa shape index (κ2) is 8.20. The van der Waals surface area contributed by atoms with Crippen LogP contribution in [0.25, 0.3) is 5.70 Å². The van der Waals surface area contributed by atoms with E-state index in [0.717, 1.165) is 39.1 Å². The maximum absolute atomic E-state index is 12.6. The van der Waals surface area contributed by atoms with Crippen molar-refractivity contribution in [3.63, 3.8) is 0 Å². The second-order valence-corrected chi connectivity index (χ2v) is 7.17. The number of carbonyl (C=O) groups excluding carboxylic acids is 1. The summed E-state index contributed by atoms with van der Waals surface area (Å²) in [7, 11) is 2.72. The molecule has 0 saturated heterocycles. The van der Waals surface area contributed by atoms with Crippen molar-refractivity contribution >= 4 is 37.5 Å². The van der Waals surface area contributed by atoms with Gasteiger partial charge in [0.2, 0.25) is 0 Å². The predicted octanol–water partition coefficient (Wildman–Crippen LogP) is 5.14. The van der Waals surface area contributed by atoms with Crippen LogP contribution < -0.4 is 15.9 Å². The molecule has 1 unspecified atom stereocenters. The number of nitrogens with one attached hydrogen (secondary N) is 2. The Bertz CT molecular complexity index is 1010. The summed E-state index contributed by atoms with van der Waals surface area (Å²) in [6, 6.07) is 21.4. The first-order valence-electron chi connectivity index (χ1n) is 8.73. The van der Waals surface area contributed by atoms with Gasteiger partial charge in [0.15, 0.2) is 0 Å². The second-order valence-electron chi connectivity index (χ2n) is 6.54. The van der Waals surface area contributed by atoms with E-state index in [-0.39, 0.29) is 5.91 Å². The van der Waals surface area contributed by atoms with Gasteiger partial charge in [0.1, 0.15) is 0 Å². The summed E-state index contributed by atoms with van der Waals surface area (Å²) in [5, 5.41) is 7.37. The number of benzene rings is 3. The van der Waals surface area contributed by atoms with Crippen molar-refractivity contribution in [1.29, 1.82) is 0 Å². The van der Waals surface area contributed by atoms with Gasteiger partial charge in [-0.1, -0.05) is 49.0 Å². The van der Waals surface area contributed by atoms with Crippen LogP contribution in [0.5, 0.6) is 0 Å². The number of hydrogen-bond donors (Lipinski definition) is 2. The summed E-state index contributed by atoms with van der Waals surface area (Å²) in [4.78, 5) is 12.6. The van der Waals surface area contributed by atoms with Crippen LogP contribution in [0, 0.1) is 13.8 Å². The molecule has 2 N–H and O–H groups in total. The first-order chi connectivity index (χ1) is 12.9. The van der Waals surface area contributed by atoms with E-state index in [9.17, 15) is 4.79 Å². The summed E-state index contributed by atoms with van der Waals surface area (Å²) in [6.07, 6.45) is 0. The van der Waals surface area contributed by atoms with E-state index in [1.54, 1.807) is 0 Å². The Balaban J connectivity index is 1.81. The minimum absolute atomic E-state index is 0.138. The van der Waals surface area contributed by atoms with Crippen molar-refractivity contribution in [3.8, 4) is 0 Å². The molecule has 1 atom stereocenters. The van der Waals surface area contributed by atoms with E-state index in [4.69, 9.17) is 0 Å². The lowest BCUT2D eigenvalue weighted by molar-refractivity contribution is 0.102. The Labute approximate surface area is 162 Å². The van der Waals surface area contributed by atoms with Crippen molar-refractivity contribution in [2.75, 3.05) is 10.6 Å². The largest absolute Gasteiger partial charge is 0.355 e. The predicted molar refractivity (Wildman–Crippen MR) is 119 cm³/mol. The lowest BCUT2D eigenvalue weighted by Gasteiger charge is -2.15. The van der Waals surface area contributed by atoms with Gasteiger partial charge < -0.3 is 10.6 Å². The Hall–Kier alpha value is -2.90. The molecule has 1 amide bonds. The van der Waals surface area contributed by atoms with Crippen LogP contribution in [-0.4, -0.2) is 5.91 Å². The van der Waals surface area contributed by atoms with Gasteiger partial charge in [0.25, 0.3) is 5.91 Å². The van der Waals surface area contributed by atoms with Crippen molar-refractivity contribution in [2.45, 2.75) is 13.8 Å². The number of rotatable bonds is 5. The lowest BCUT2D eigenvalue weighted by Crippen LogP contribution is -2.13. The van der Waals surface area contributed by atoms with Crippen LogP contribution in [0.2, 0.25) is 0 Å². The van der Waals surface area contributed by atoms with Gasteiger partial charge in [-0.2, -0.15) is 0 Å². The molecule has 27 heavy (non-hydrogen) atoms. The monoisotopic (exact) mass is 374 g/mol. The molecule has 0 saturated carbocycles. The molecule has 3 rings (SSSR count). The highest BCUT2D eigenvalue weighted by Gasteiger charge is 2.10. The highest BCUT2D eigenvalue weighted by Crippen LogP contribution is 2.23. The fraction of sp³-hybridized carbons (Fsp3) is 0.0870. The average molecular weight is 374 g/mol. The van der Waals surface area contributed by atoms with E-state index in [1.165, 1.54) is 0 Å². The number of carbonyl (C=O) groups is 1. The Kier molecular flexibility index (Phi) is 5.73. The van der Waals surface area contributed by atoms with Crippen molar-refractivity contribution < 1.29 is 4.79 Å². The summed E-state index contributed by atoms with van der Waals surface area (Å²) < 4.78 is 0. The first kappa shape index (κ1) is 18.9. The molecule has 3 aromatic carbocycles. The number of hydrogen-bond acceptors (Lipinski definition) is 2. The minimum atomic E-state index is -0.138. The molecule has 0 spiro atoms. The van der Waals surface area contributed by atoms with E-state index in [1.807, 2.05) is 80.6 Å². The topological polar surface area (TPSA) is 41.1 Å². The highest BCUT2D eigenvalue weighted by atomic mass is 31.0. The smallest absolute Gasteiger partial charge is 0.255 e. The van der Waals surface area contributed by atoms with Crippen LogP contribution in [-0.2, 0) is 0 Å². The van der Waals surface area contributed by atoms with Crippen LogP contribution >= 0.6 is 9.24 Å². The maximum Gasteiger partial charge on any atom is 0.255 e. The van der Waals surface area contributed by atoms with E-state index in [0.29, 0.717) is 5.56 Å². The quantitative estimate of drug-likeness (QED) is 0.607. The Morgan fingerprint density at radius 2 is 1.70 bits per heavy atom. The third kappa shape index (κ3) is 4.64. The molecule has 3 nitrogen and oxygen atoms in total. The maximum atomic E-state index is 12.6. The lowest BCUT2D eigenvalue weighted by atomic mass is 10.1. The molecule has 3 aromatic rings. The molecule has 0 aliphatic heterocycles. The molecule has 0 radical (unpaired) electrons. The van der Waals surface area contributed by atoms with E-state index < -0.39 is 0 Å². The molecule has 4 heteroatoms. The molecule has 0 aliphatic rings. The summed E-state index contributed by atoms with van der Waals surface area (Å²) in [5.41, 5.74) is 6.21. The van der Waals surface area contributed by atoms with E-state index in [2.05, 4.69) is 26.5 Å². The SMILES string of the molecule is C=C(Nc1cc(C(=O)Nc2cccc(C)c2)ccc1C)c1ccccc1P. The van der Waals surface area contributed by atoms with Gasteiger partial charge in [0.05, 0.1) is 0 Å². The van der Waals surface area contributed by atoms with Crippen molar-refractivity contribution in [2.24, 2.45) is 0 Å². The van der Waals surface area contributed by atoms with Gasteiger partial charge >= 0.3 is 0 Å². The molecule has 0 aliphatic carbocycles. The Morgan fingerprint density at radius 1 is 0.926 bits per heavy atom. The van der Waals surface area contributed by atoms with Gasteiger partial charge in [-0.15, -0.1) is 9.24 Å². The number of anilines is 2. The zero-order valence-electron chi connectivity index (χ0n) is 15.5. The third-order valence-electron chi connectivity index (χ3n) is 4.35. The van der Waals surface area contributed by atoms with Crippen LogP contribution in [0.1, 0.15) is 27.0 Å². The average Bonchev–Trinajstić information content (AvgIpc) is 2.63. The van der Waals surface area contributed by atoms with Crippen molar-refractivity contribution in [1.82, 2.24) is 0 Å². The van der Waals surface area contributed by atoms with Gasteiger partial charge in [-0.25, -0.2) is 0 Å². The zero-order chi connectivity index (χ0) is 19.4. The molecular formula is C23H23N2OP. The van der Waals surface area contributed by atoms with Crippen molar-refractivity contribution in [3.05, 3.63) is 95.6 Å². The summed E-state index contributed by atoms with van der Waals surface area (Å²) >= 11 is 0. The van der Waals surface area contributed by atoms with E-state index >= 15 is 0 Å². The Morgan fingerprint density at radius 3 is 2.44 bits per heavy atom. The molecular weight excluding hydrogens is 351 g/mol. The molecule has 0 heterocycles. The number of amides is 1. The normalized spacial score (nSPS) is 10.3. The first-order valence-corrected chi connectivity index (χ1v) is 9.31. The van der Waals surface area contributed by atoms with Gasteiger partial charge in [-0.3, -0.25) is 4.79 Å². The van der Waals surface area contributed by atoms with Crippen LogP contribution in [0.3, 0.4) is 0 Å². The van der Waals surface area contributed by atoms with Crippen LogP contribution in [0.15, 0.2) is 73.3 Å². The van der Waals surface area contributed by atoms with Gasteiger partial charge in [0, 0.05) is 28.2 Å². The summed E-state index contributed by atoms with van der Waals surface area (Å²) in [5.74, 6) is -0.138. The molecule has 136 valence electrons. The fourth-order valence-electron chi connectivity index (χ4n) is 2.83. The highest BCUT2D eigenvalue weighted by molar-refractivity contribution is 7.27. The molecule has 0 aromatic heterocycles. The zero-order valence-corrected chi connectivity index (χ0v) is 16.7.